The van der Waals surface area contributed by atoms with Crippen LogP contribution in [-0.2, 0) is 10.8 Å². The van der Waals surface area contributed by atoms with Gasteiger partial charge in [-0.2, -0.15) is 0 Å². The van der Waals surface area contributed by atoms with Crippen molar-refractivity contribution in [3.63, 3.8) is 0 Å². The molecule has 0 radical (unpaired) electrons. The Morgan fingerprint density at radius 3 is 1.92 bits per heavy atom. The van der Waals surface area contributed by atoms with E-state index < -0.39 is 0 Å². The smallest absolute Gasteiger partial charge is 0.138 e. The summed E-state index contributed by atoms with van der Waals surface area (Å²) in [7, 11) is 0. The van der Waals surface area contributed by atoms with Crippen molar-refractivity contribution in [1.29, 1.82) is 0 Å². The van der Waals surface area contributed by atoms with Crippen molar-refractivity contribution in [3.8, 4) is 50.8 Å². The zero-order chi connectivity index (χ0) is 43.4. The average Bonchev–Trinajstić information content (AvgIpc) is 3.81. The number of rotatable bonds is 1. The number of hydrogen-bond acceptors (Lipinski definition) is 5. The Balaban J connectivity index is 1.28. The van der Waals surface area contributed by atoms with Crippen molar-refractivity contribution in [2.75, 3.05) is 16.5 Å². The fourth-order valence-corrected chi connectivity index (χ4v) is 9.63. The van der Waals surface area contributed by atoms with Gasteiger partial charge in [0.15, 0.2) is 0 Å². The Morgan fingerprint density at radius 1 is 0.492 bits per heavy atom. The first-order valence-corrected chi connectivity index (χ1v) is 22.0. The maximum atomic E-state index is 6.97. The van der Waals surface area contributed by atoms with E-state index >= 15 is 0 Å². The molecule has 0 unspecified atom stereocenters. The number of nitrogens with zero attached hydrogens (tertiary/aromatic N) is 5. The van der Waals surface area contributed by atoms with E-state index in [-0.39, 0.29) is 10.8 Å². The third kappa shape index (κ3) is 6.55. The number of fused-ring (bicyclic) bond motifs is 20. The van der Waals surface area contributed by atoms with Gasteiger partial charge < -0.3 is 14.5 Å². The van der Waals surface area contributed by atoms with Crippen LogP contribution in [0.15, 0.2) is 152 Å². The van der Waals surface area contributed by atoms with Gasteiger partial charge in [-0.1, -0.05) is 144 Å². The molecule has 6 aromatic carbocycles. The molecule has 8 bridgehead atoms. The lowest BCUT2D eigenvalue weighted by atomic mass is 9.85. The third-order valence-corrected chi connectivity index (χ3v) is 12.7. The maximum Gasteiger partial charge on any atom is 0.138 e. The molecule has 0 N–H and O–H groups in total. The molecule has 310 valence electrons. The van der Waals surface area contributed by atoms with Crippen molar-refractivity contribution >= 4 is 44.7 Å². The minimum Gasteiger partial charge on any atom is -0.457 e. The van der Waals surface area contributed by atoms with E-state index in [0.29, 0.717) is 6.67 Å². The molecule has 0 spiro atoms. The maximum absolute atomic E-state index is 6.97. The van der Waals surface area contributed by atoms with Crippen molar-refractivity contribution < 1.29 is 4.74 Å². The van der Waals surface area contributed by atoms with E-state index in [2.05, 4.69) is 221 Å². The normalized spacial score (nSPS) is 13.4. The minimum atomic E-state index is -0.242. The predicted octanol–water partition coefficient (Wildman–Crippen LogP) is 15.1. The Bertz CT molecular complexity index is 3290. The number of para-hydroxylation sites is 4. The van der Waals surface area contributed by atoms with Gasteiger partial charge in [0.05, 0.1) is 39.5 Å². The summed E-state index contributed by atoms with van der Waals surface area (Å²) in [4.78, 5) is 15.9. The van der Waals surface area contributed by atoms with E-state index in [9.17, 15) is 0 Å². The summed E-state index contributed by atoms with van der Waals surface area (Å²) in [5.41, 5.74) is 16.3. The molecule has 2 aliphatic heterocycles. The number of anilines is 4. The highest BCUT2D eigenvalue weighted by Gasteiger charge is 2.34. The molecule has 2 aliphatic rings. The van der Waals surface area contributed by atoms with Gasteiger partial charge in [0.25, 0.3) is 0 Å². The van der Waals surface area contributed by atoms with Crippen LogP contribution in [0.2, 0.25) is 0 Å². The molecule has 0 fully saturated rings. The fourth-order valence-electron chi connectivity index (χ4n) is 9.63. The average molecular weight is 822 g/mol. The summed E-state index contributed by atoms with van der Waals surface area (Å²) in [6.45, 7) is 18.4. The molecule has 63 heavy (non-hydrogen) atoms. The van der Waals surface area contributed by atoms with Crippen LogP contribution in [0, 0.1) is 13.8 Å². The highest BCUT2D eigenvalue weighted by Crippen LogP contribution is 2.52. The Kier molecular flexibility index (Phi) is 8.72. The van der Waals surface area contributed by atoms with E-state index in [1.54, 1.807) is 0 Å². The van der Waals surface area contributed by atoms with Crippen LogP contribution in [0.1, 0.15) is 63.9 Å². The topological polar surface area (TPSA) is 46.4 Å². The van der Waals surface area contributed by atoms with E-state index in [4.69, 9.17) is 14.7 Å². The largest absolute Gasteiger partial charge is 0.457 e. The number of aromatic nitrogens is 3. The number of benzene rings is 6. The van der Waals surface area contributed by atoms with Crippen molar-refractivity contribution in [2.24, 2.45) is 0 Å². The van der Waals surface area contributed by atoms with Gasteiger partial charge in [-0.3, -0.25) is 4.57 Å². The second kappa shape index (κ2) is 14.2. The fraction of sp³-hybridized carbons (Fsp3) is 0.193. The monoisotopic (exact) mass is 821 g/mol. The molecule has 6 heteroatoms. The molecular formula is C57H51N5O. The quantitative estimate of drug-likeness (QED) is 0.165. The highest BCUT2D eigenvalue weighted by molar-refractivity contribution is 6.09. The summed E-state index contributed by atoms with van der Waals surface area (Å²) in [6, 6.07) is 55.1. The Morgan fingerprint density at radius 2 is 1.16 bits per heavy atom. The molecule has 0 aliphatic carbocycles. The summed E-state index contributed by atoms with van der Waals surface area (Å²) < 4.78 is 9.29. The first-order valence-electron chi connectivity index (χ1n) is 22.0. The van der Waals surface area contributed by atoms with Crippen LogP contribution in [0.3, 0.4) is 0 Å². The number of aryl methyl sites for hydroxylation is 2. The SMILES string of the molecule is Cc1cc(C)cc(-c2cccc3c2N2CN(c4cc(cc(C(C)(C)C)n4)Oc4ccc5c6ccccc6n(c5c4)-c4cc(C(C)(C)C)cc(n4)-c4ccccc4-3)c3ccccc32)c1. The molecule has 5 heterocycles. The molecule has 0 saturated heterocycles. The van der Waals surface area contributed by atoms with E-state index in [1.807, 2.05) is 0 Å². The Labute approximate surface area is 370 Å². The molecular weight excluding hydrogens is 771 g/mol. The number of ether oxygens (including phenoxy) is 1. The van der Waals surface area contributed by atoms with E-state index in [0.717, 1.165) is 90.3 Å². The molecule has 11 rings (SSSR count). The molecule has 3 aromatic heterocycles. The first-order chi connectivity index (χ1) is 30.3. The summed E-state index contributed by atoms with van der Waals surface area (Å²) in [6.07, 6.45) is 0. The lowest BCUT2D eigenvalue weighted by Gasteiger charge is -2.28. The van der Waals surface area contributed by atoms with Crippen molar-refractivity contribution in [2.45, 2.75) is 66.2 Å². The van der Waals surface area contributed by atoms with Gasteiger partial charge in [0.1, 0.15) is 29.8 Å². The van der Waals surface area contributed by atoms with Gasteiger partial charge >= 0.3 is 0 Å². The van der Waals surface area contributed by atoms with Gasteiger partial charge in [-0.05, 0) is 78.4 Å². The van der Waals surface area contributed by atoms with Crippen LogP contribution in [0.25, 0.3) is 61.1 Å². The molecule has 0 atom stereocenters. The van der Waals surface area contributed by atoms with Crippen LogP contribution < -0.4 is 14.5 Å². The second-order valence-electron chi connectivity index (χ2n) is 19.4. The molecule has 0 amide bonds. The Hall–Kier alpha value is -7.18. The molecule has 6 nitrogen and oxygen atoms in total. The summed E-state index contributed by atoms with van der Waals surface area (Å²) in [5.74, 6) is 3.19. The van der Waals surface area contributed by atoms with Crippen LogP contribution >= 0.6 is 0 Å². The second-order valence-corrected chi connectivity index (χ2v) is 19.4. The van der Waals surface area contributed by atoms with Crippen LogP contribution in [0.4, 0.5) is 22.9 Å². The lowest BCUT2D eigenvalue weighted by Crippen LogP contribution is -2.26. The zero-order valence-electron chi connectivity index (χ0n) is 37.3. The van der Waals surface area contributed by atoms with Crippen molar-refractivity contribution in [1.82, 2.24) is 14.5 Å². The van der Waals surface area contributed by atoms with Crippen LogP contribution in [0.5, 0.6) is 11.5 Å². The van der Waals surface area contributed by atoms with E-state index in [1.165, 1.54) is 27.6 Å². The predicted molar refractivity (Wildman–Crippen MR) is 262 cm³/mol. The number of hydrogen-bond donors (Lipinski definition) is 0. The minimum absolute atomic E-state index is 0.161. The lowest BCUT2D eigenvalue weighted by molar-refractivity contribution is 0.476. The molecule has 0 saturated carbocycles. The van der Waals surface area contributed by atoms with Gasteiger partial charge in [0, 0.05) is 51.1 Å². The highest BCUT2D eigenvalue weighted by atomic mass is 16.5. The van der Waals surface area contributed by atoms with Gasteiger partial charge in [-0.25, -0.2) is 9.97 Å². The number of pyridine rings is 2. The summed E-state index contributed by atoms with van der Waals surface area (Å²) in [5, 5.41) is 2.31. The standard InChI is InChI=1S/C57H51N5O/c1-35-26-36(2)28-37(27-35)41-19-15-20-46-42-16-9-10-17-43(42)47-29-38(56(3,4)5)30-54(58-47)62-48-21-12-11-18-44(48)45-25-24-39(31-51(45)62)63-40-32-52(57(6,7)8)59-53(33-40)60-34-61(55(41)46)50-23-14-13-22-49(50)60/h9-33H,34H2,1-8H3. The zero-order valence-corrected chi connectivity index (χ0v) is 37.3. The van der Waals surface area contributed by atoms with Gasteiger partial charge in [0.2, 0.25) is 0 Å². The molecule has 9 aromatic rings. The third-order valence-electron chi connectivity index (χ3n) is 12.7. The first kappa shape index (κ1) is 38.7. The van der Waals surface area contributed by atoms with Gasteiger partial charge in [-0.15, -0.1) is 0 Å². The van der Waals surface area contributed by atoms with Crippen molar-refractivity contribution in [3.05, 3.63) is 174 Å². The summed E-state index contributed by atoms with van der Waals surface area (Å²) >= 11 is 0. The van der Waals surface area contributed by atoms with Crippen LogP contribution in [-0.4, -0.2) is 21.2 Å².